The van der Waals surface area contributed by atoms with Crippen LogP contribution in [0, 0.1) is 97.9 Å². The van der Waals surface area contributed by atoms with Gasteiger partial charge in [0, 0.05) is 151 Å². The van der Waals surface area contributed by atoms with Crippen LogP contribution in [-0.4, -0.2) is 45.8 Å². The van der Waals surface area contributed by atoms with Crippen LogP contribution in [0.2, 0.25) is 0 Å². The van der Waals surface area contributed by atoms with Gasteiger partial charge in [-0.05, 0) is 196 Å². The van der Waals surface area contributed by atoms with Crippen LogP contribution < -0.4 is 0 Å². The van der Waals surface area contributed by atoms with E-state index in [-0.39, 0.29) is 92.0 Å². The number of hydrogen-bond acceptors (Lipinski definition) is 13. The Morgan fingerprint density at radius 1 is 0.252 bits per heavy atom. The van der Waals surface area contributed by atoms with E-state index in [0.29, 0.717) is 0 Å². The number of fused-ring (bicyclic) bond motifs is 12. The molecule has 13 nitrogen and oxygen atoms in total. The number of carbonyl (C=O) groups is 1. The Morgan fingerprint density at radius 2 is 0.545 bits per heavy atom. The second kappa shape index (κ2) is 50.3. The fourth-order valence-corrected chi connectivity index (χ4v) is 15.8. The minimum absolute atomic E-state index is 0. The largest absolute Gasteiger partial charge is 0.512 e. The van der Waals surface area contributed by atoms with Gasteiger partial charge >= 0.3 is 0 Å². The molecule has 0 aliphatic rings. The average Bonchev–Trinajstić information content (AvgIpc) is 1.64. The van der Waals surface area contributed by atoms with Crippen LogP contribution in [0.4, 0.5) is 0 Å². The zero-order chi connectivity index (χ0) is 96.1. The number of rotatable bonds is 10. The van der Waals surface area contributed by atoms with Gasteiger partial charge in [-0.1, -0.05) is 248 Å². The molecule has 0 saturated carbocycles. The number of aryl methyl sites for hydroxylation is 8. The third-order valence-electron chi connectivity index (χ3n) is 23.1. The number of nitrogens with zero attached hydrogens (tertiary/aromatic N) is 7. The SMILES string of the molecule is CC(=O)C=C(C)O.Cc1ccc(-c2[c-]cccc2)nc1.Cc1ccc(-c2[c-]cccc2)nc1.Cc1ccc(-c2[c-]cccc2)nc1.Cc1ccc(-c2ccnc(-c3[c-]ccc4c3oc3ccccc34)c2)cc1.Cc1ccc(-c2ccnc(-c3[c-]ccc4c3oc3ccccc34)c2)cc1.Cc1ccnc(-c2[c-]ccc3c2oc2ccccc23)c1.Cc1cnc(-c2[c-]ccc3c2oc2ccccc23)cc1C.[Ir].[Ir].[Ir].[Ir]. The zero-order valence-electron chi connectivity index (χ0n) is 80.0. The first-order valence-corrected chi connectivity index (χ1v) is 45.6. The van der Waals surface area contributed by atoms with Crippen molar-refractivity contribution in [1.29, 1.82) is 0 Å². The van der Waals surface area contributed by atoms with Crippen molar-refractivity contribution in [3.63, 3.8) is 0 Å². The maximum Gasteiger partial charge on any atom is 0.155 e. The van der Waals surface area contributed by atoms with E-state index in [1.54, 1.807) is 0 Å². The molecule has 0 unspecified atom stereocenters. The Morgan fingerprint density at radius 3 is 0.825 bits per heavy atom. The van der Waals surface area contributed by atoms with E-state index in [4.69, 9.17) is 22.8 Å². The van der Waals surface area contributed by atoms with Crippen molar-refractivity contribution < 1.29 is 108 Å². The first kappa shape index (κ1) is 105. The van der Waals surface area contributed by atoms with Gasteiger partial charge in [-0.2, -0.15) is 0 Å². The van der Waals surface area contributed by atoms with Crippen molar-refractivity contribution in [2.75, 3.05) is 0 Å². The van der Waals surface area contributed by atoms with Crippen molar-refractivity contribution in [2.24, 2.45) is 0 Å². The number of furan rings is 4. The predicted molar refractivity (Wildman–Crippen MR) is 565 cm³/mol. The second-order valence-electron chi connectivity index (χ2n) is 33.6. The standard InChI is InChI=1S/2C24H16NO.C19H14NO.C18H12NO.3C12H10N.C5H8O2.4Ir/c2*1-16-9-11-17(12-10-16)18-13-14-25-22(15-18)21-7-4-6-20-19-5-2-3-8-23(19)26-24(20)21;1-12-10-17(20-11-13(12)2)16-8-5-7-15-14-6-3-4-9-18(14)21-19(15)16;1-12-9-10-19-16(11-12)15-7-4-6-14-13-5-2-3-8-17(13)20-18(14)15;3*1-10-7-8-12(13-9-10)11-5-3-2-4-6-11;1-4(6)3-5(2)7;;;;/h2*2-6,8-15H,1H3;3-7,9-11H,1-2H3;2-6,8-11H,1H3;3*2-5,7-9H,1H3;3,6H,1-2H3;;;;/q7*-1;;;;;. The van der Waals surface area contributed by atoms with E-state index in [0.717, 1.165) is 178 Å². The number of pyridine rings is 7. The normalized spacial score (nSPS) is 10.6. The Labute approximate surface area is 886 Å². The summed E-state index contributed by atoms with van der Waals surface area (Å²) in [6.07, 6.45) is 14.2. The molecule has 0 fully saturated rings. The van der Waals surface area contributed by atoms with Crippen LogP contribution in [0.3, 0.4) is 0 Å². The van der Waals surface area contributed by atoms with E-state index in [2.05, 4.69) is 239 Å². The number of para-hydroxylation sites is 4. The molecule has 11 aromatic heterocycles. The van der Waals surface area contributed by atoms with Gasteiger partial charge in [0.25, 0.3) is 0 Å². The van der Waals surface area contributed by atoms with E-state index in [1.165, 1.54) is 75.6 Å². The summed E-state index contributed by atoms with van der Waals surface area (Å²) in [6.45, 7) is 19.4. The van der Waals surface area contributed by atoms with Gasteiger partial charge in [-0.15, -0.1) is 180 Å². The summed E-state index contributed by atoms with van der Waals surface area (Å²) >= 11 is 0. The third-order valence-corrected chi connectivity index (χ3v) is 23.1. The Hall–Kier alpha value is -15.1. The van der Waals surface area contributed by atoms with Crippen molar-refractivity contribution >= 4 is 93.5 Å². The van der Waals surface area contributed by atoms with Crippen LogP contribution in [0.5, 0.6) is 0 Å². The van der Waals surface area contributed by atoms with Crippen molar-refractivity contribution in [1.82, 2.24) is 34.9 Å². The molecule has 0 atom stereocenters. The minimum atomic E-state index is -0.125. The number of allylic oxidation sites excluding steroid dienone is 2. The number of aromatic nitrogens is 7. The molecule has 0 aliphatic carbocycles. The van der Waals surface area contributed by atoms with Crippen LogP contribution in [0.25, 0.3) is 189 Å². The van der Waals surface area contributed by atoms with Crippen molar-refractivity contribution in [2.45, 2.75) is 69.2 Å². The molecule has 0 saturated heterocycles. The quantitative estimate of drug-likeness (QED) is 0.0777. The third kappa shape index (κ3) is 26.4. The fraction of sp³-hybridized carbons (Fsp3) is 0.0794. The molecule has 1 N–H and O–H groups in total. The number of ketones is 1. The van der Waals surface area contributed by atoms with Gasteiger partial charge in [0.15, 0.2) is 5.78 Å². The van der Waals surface area contributed by atoms with E-state index < -0.39 is 0 Å². The molecule has 4 radical (unpaired) electrons. The van der Waals surface area contributed by atoms with Gasteiger partial charge < -0.3 is 57.7 Å². The molecule has 24 aromatic rings. The molecular weight excluding hydrogens is 2480 g/mol. The molecular formula is C126H96Ir4N7O6-7. The molecule has 714 valence electrons. The smallest absolute Gasteiger partial charge is 0.155 e. The van der Waals surface area contributed by atoms with Gasteiger partial charge in [0.05, 0.1) is 28.1 Å². The fourth-order valence-electron chi connectivity index (χ4n) is 15.8. The average molecular weight is 2570 g/mol. The van der Waals surface area contributed by atoms with Crippen molar-refractivity contribution in [3.05, 3.63) is 488 Å². The zero-order valence-corrected chi connectivity index (χ0v) is 89.6. The molecule has 11 heterocycles. The molecule has 24 rings (SSSR count). The number of benzene rings is 13. The molecule has 0 amide bonds. The van der Waals surface area contributed by atoms with E-state index >= 15 is 0 Å². The summed E-state index contributed by atoms with van der Waals surface area (Å²) in [5.74, 6) is -0.0625. The molecule has 143 heavy (non-hydrogen) atoms. The summed E-state index contributed by atoms with van der Waals surface area (Å²) in [4.78, 5) is 41.1. The van der Waals surface area contributed by atoms with E-state index in [1.807, 2.05) is 283 Å². The van der Waals surface area contributed by atoms with Crippen LogP contribution in [0.15, 0.2) is 419 Å². The van der Waals surface area contributed by atoms with Gasteiger partial charge in [-0.3, -0.25) is 4.79 Å². The van der Waals surface area contributed by atoms with Crippen LogP contribution in [0.1, 0.15) is 58.4 Å². The maximum absolute atomic E-state index is 10.0. The number of aliphatic hydroxyl groups excluding tert-OH is 1. The van der Waals surface area contributed by atoms with Crippen LogP contribution >= 0.6 is 0 Å². The summed E-state index contributed by atoms with van der Waals surface area (Å²) in [5, 5.41) is 17.3. The molecule has 0 bridgehead atoms. The number of carbonyl (C=O) groups excluding carboxylic acids is 1. The first-order chi connectivity index (χ1) is 67.9. The molecule has 0 spiro atoms. The summed E-state index contributed by atoms with van der Waals surface area (Å²) in [6, 6.07) is 138. The topological polar surface area (TPSA) is 180 Å². The van der Waals surface area contributed by atoms with Gasteiger partial charge in [-0.25, -0.2) is 0 Å². The molecule has 13 aromatic carbocycles. The Balaban J connectivity index is 0.000000140. The summed E-state index contributed by atoms with van der Waals surface area (Å²) in [5.41, 5.74) is 34.5. The Kier molecular flexibility index (Phi) is 37.1. The first-order valence-electron chi connectivity index (χ1n) is 45.6. The monoisotopic (exact) mass is 2570 g/mol. The molecule has 0 aliphatic heterocycles. The number of hydrogen-bond donors (Lipinski definition) is 1. The molecule has 17 heteroatoms. The summed E-state index contributed by atoms with van der Waals surface area (Å²) < 4.78 is 24.3. The Bertz CT molecular complexity index is 7990. The second-order valence-corrected chi connectivity index (χ2v) is 33.6. The summed E-state index contributed by atoms with van der Waals surface area (Å²) in [7, 11) is 0. The van der Waals surface area contributed by atoms with E-state index in [9.17, 15) is 4.79 Å². The predicted octanol–water partition coefficient (Wildman–Crippen LogP) is 32.3. The van der Waals surface area contributed by atoms with Crippen LogP contribution in [-0.2, 0) is 85.2 Å². The number of aliphatic hydroxyl groups is 1. The van der Waals surface area contributed by atoms with Crippen molar-refractivity contribution in [3.8, 4) is 101 Å². The minimum Gasteiger partial charge on any atom is -0.512 e. The maximum atomic E-state index is 10.0. The van der Waals surface area contributed by atoms with Gasteiger partial charge in [0.1, 0.15) is 22.3 Å². The van der Waals surface area contributed by atoms with Gasteiger partial charge in [0.2, 0.25) is 0 Å².